The smallest absolute Gasteiger partial charge is 0.119 e. The van der Waals surface area contributed by atoms with Crippen LogP contribution < -0.4 is 10.2 Å². The number of ether oxygens (including phenoxy) is 1. The molecule has 2 bridgehead atoms. The highest BCUT2D eigenvalue weighted by Crippen LogP contribution is 2.39. The van der Waals surface area contributed by atoms with Gasteiger partial charge in [-0.05, 0) is 49.5 Å². The zero-order valence-corrected chi connectivity index (χ0v) is 13.5. The van der Waals surface area contributed by atoms with Crippen molar-refractivity contribution in [3.05, 3.63) is 29.8 Å². The summed E-state index contributed by atoms with van der Waals surface area (Å²) in [6.45, 7) is 7.56. The Morgan fingerprint density at radius 2 is 1.95 bits per heavy atom. The molecule has 5 rings (SSSR count). The van der Waals surface area contributed by atoms with Gasteiger partial charge in [0.05, 0.1) is 24.4 Å². The van der Waals surface area contributed by atoms with Gasteiger partial charge in [0.15, 0.2) is 0 Å². The molecule has 1 N–H and O–H groups in total. The zero-order valence-electron chi connectivity index (χ0n) is 13.5. The van der Waals surface area contributed by atoms with Crippen molar-refractivity contribution in [2.75, 3.05) is 19.7 Å². The van der Waals surface area contributed by atoms with E-state index in [1.165, 1.54) is 37.2 Å². The van der Waals surface area contributed by atoms with Crippen LogP contribution in [0.4, 0.5) is 0 Å². The first-order chi connectivity index (χ1) is 10.7. The Morgan fingerprint density at radius 1 is 1.23 bits per heavy atom. The zero-order chi connectivity index (χ0) is 15.1. The molecular formula is C18H25N3O. The lowest BCUT2D eigenvalue weighted by Crippen LogP contribution is -2.56. The molecule has 1 aromatic rings. The normalized spacial score (nSPS) is 32.6. The summed E-state index contributed by atoms with van der Waals surface area (Å²) in [5.41, 5.74) is 6.10. The minimum absolute atomic E-state index is 0.303. The van der Waals surface area contributed by atoms with Crippen LogP contribution in [0.2, 0.25) is 0 Å². The number of hydrazone groups is 1. The summed E-state index contributed by atoms with van der Waals surface area (Å²) in [6.07, 6.45) is 2.57. The topological polar surface area (TPSA) is 36.9 Å². The van der Waals surface area contributed by atoms with Crippen LogP contribution in [0.3, 0.4) is 0 Å². The number of rotatable bonds is 4. The van der Waals surface area contributed by atoms with Crippen molar-refractivity contribution < 1.29 is 4.74 Å². The lowest BCUT2D eigenvalue weighted by molar-refractivity contribution is 0.133. The molecule has 4 aliphatic rings. The van der Waals surface area contributed by atoms with Crippen molar-refractivity contribution in [3.8, 4) is 5.75 Å². The summed E-state index contributed by atoms with van der Waals surface area (Å²) in [6, 6.07) is 9.33. The third kappa shape index (κ3) is 2.39. The van der Waals surface area contributed by atoms with Crippen molar-refractivity contribution in [1.82, 2.24) is 10.3 Å². The van der Waals surface area contributed by atoms with Crippen molar-refractivity contribution in [2.45, 2.75) is 38.8 Å². The van der Waals surface area contributed by atoms with Crippen LogP contribution in [0.15, 0.2) is 29.4 Å². The summed E-state index contributed by atoms with van der Waals surface area (Å²) >= 11 is 0. The molecule has 4 aliphatic heterocycles. The van der Waals surface area contributed by atoms with E-state index in [0.29, 0.717) is 23.9 Å². The molecule has 22 heavy (non-hydrogen) atoms. The second-order valence-electron chi connectivity index (χ2n) is 7.17. The lowest BCUT2D eigenvalue weighted by atomic mass is 9.78. The molecule has 3 fully saturated rings. The number of piperidine rings is 3. The van der Waals surface area contributed by atoms with Crippen molar-refractivity contribution in [3.63, 3.8) is 0 Å². The highest BCUT2D eigenvalue weighted by atomic mass is 16.5. The Hall–Kier alpha value is -1.55. The monoisotopic (exact) mass is 299 g/mol. The molecule has 0 radical (unpaired) electrons. The van der Waals surface area contributed by atoms with Crippen molar-refractivity contribution >= 4 is 5.71 Å². The molecule has 4 nitrogen and oxygen atoms in total. The van der Waals surface area contributed by atoms with Gasteiger partial charge in [-0.2, -0.15) is 5.10 Å². The van der Waals surface area contributed by atoms with Crippen LogP contribution in [-0.4, -0.2) is 36.3 Å². The minimum Gasteiger partial charge on any atom is -0.493 e. The van der Waals surface area contributed by atoms with Crippen molar-refractivity contribution in [2.24, 2.45) is 16.9 Å². The Morgan fingerprint density at radius 3 is 2.64 bits per heavy atom. The highest BCUT2D eigenvalue weighted by Gasteiger charge is 2.46. The molecule has 0 saturated carbocycles. The predicted octanol–water partition coefficient (Wildman–Crippen LogP) is 2.82. The molecule has 4 heterocycles. The SMILES string of the molecule is CC(C)COc1ccc(C2NN=C3C4CCN(CC4)C32)cc1. The summed E-state index contributed by atoms with van der Waals surface area (Å²) in [7, 11) is 0. The maximum atomic E-state index is 5.78. The number of fused-ring (bicyclic) bond motifs is 2. The molecule has 0 amide bonds. The fourth-order valence-corrected chi connectivity index (χ4v) is 3.95. The van der Waals surface area contributed by atoms with Gasteiger partial charge in [0.25, 0.3) is 0 Å². The van der Waals surface area contributed by atoms with E-state index in [1.54, 1.807) is 0 Å². The maximum absolute atomic E-state index is 5.78. The first-order valence-corrected chi connectivity index (χ1v) is 8.52. The van der Waals surface area contributed by atoms with Gasteiger partial charge in [-0.1, -0.05) is 26.0 Å². The molecule has 0 aromatic heterocycles. The van der Waals surface area contributed by atoms with E-state index in [1.807, 2.05) is 0 Å². The third-order valence-electron chi connectivity index (χ3n) is 5.12. The van der Waals surface area contributed by atoms with Gasteiger partial charge in [0, 0.05) is 5.92 Å². The lowest BCUT2D eigenvalue weighted by Gasteiger charge is -2.45. The minimum atomic E-state index is 0.303. The van der Waals surface area contributed by atoms with Crippen LogP contribution >= 0.6 is 0 Å². The Bertz CT molecular complexity index is 558. The number of nitrogens with one attached hydrogen (secondary N) is 1. The van der Waals surface area contributed by atoms with Crippen LogP contribution in [0.1, 0.15) is 38.3 Å². The van der Waals surface area contributed by atoms with Crippen molar-refractivity contribution in [1.29, 1.82) is 0 Å². The summed E-state index contributed by atoms with van der Waals surface area (Å²) in [5, 5.41) is 4.67. The Kier molecular flexibility index (Phi) is 3.57. The molecule has 0 aliphatic carbocycles. The van der Waals surface area contributed by atoms with E-state index < -0.39 is 0 Å². The molecule has 0 spiro atoms. The van der Waals surface area contributed by atoms with Gasteiger partial charge in [0.2, 0.25) is 0 Å². The summed E-state index contributed by atoms with van der Waals surface area (Å²) < 4.78 is 5.78. The van der Waals surface area contributed by atoms with E-state index in [0.717, 1.165) is 12.4 Å². The molecule has 4 heteroatoms. The van der Waals surface area contributed by atoms with E-state index in [4.69, 9.17) is 4.74 Å². The largest absolute Gasteiger partial charge is 0.493 e. The first-order valence-electron chi connectivity index (χ1n) is 8.52. The van der Waals surface area contributed by atoms with Gasteiger partial charge in [-0.25, -0.2) is 0 Å². The molecule has 3 saturated heterocycles. The first kappa shape index (κ1) is 14.1. The maximum Gasteiger partial charge on any atom is 0.119 e. The van der Waals surface area contributed by atoms with E-state index in [-0.39, 0.29) is 0 Å². The number of hydrogen-bond donors (Lipinski definition) is 1. The predicted molar refractivity (Wildman–Crippen MR) is 88.2 cm³/mol. The van der Waals surface area contributed by atoms with Crippen LogP contribution in [0.5, 0.6) is 5.75 Å². The fraction of sp³-hybridized carbons (Fsp3) is 0.611. The van der Waals surface area contributed by atoms with Gasteiger partial charge < -0.3 is 10.2 Å². The van der Waals surface area contributed by atoms with E-state index >= 15 is 0 Å². The Labute approximate surface area is 132 Å². The van der Waals surface area contributed by atoms with Crippen LogP contribution in [0.25, 0.3) is 0 Å². The average molecular weight is 299 g/mol. The molecular weight excluding hydrogens is 274 g/mol. The van der Waals surface area contributed by atoms with Crippen LogP contribution in [0, 0.1) is 11.8 Å². The second kappa shape index (κ2) is 5.58. The second-order valence-corrected chi connectivity index (χ2v) is 7.17. The molecule has 2 atom stereocenters. The van der Waals surface area contributed by atoms with Gasteiger partial charge in [-0.3, -0.25) is 4.90 Å². The van der Waals surface area contributed by atoms with E-state index in [2.05, 4.69) is 53.5 Å². The highest BCUT2D eigenvalue weighted by molar-refractivity contribution is 5.95. The van der Waals surface area contributed by atoms with Crippen LogP contribution in [-0.2, 0) is 0 Å². The number of nitrogens with zero attached hydrogens (tertiary/aromatic N) is 2. The molecule has 1 aromatic carbocycles. The number of hydrogen-bond acceptors (Lipinski definition) is 4. The average Bonchev–Trinajstić information content (AvgIpc) is 3.02. The summed E-state index contributed by atoms with van der Waals surface area (Å²) in [4.78, 5) is 2.60. The van der Waals surface area contributed by atoms with Gasteiger partial charge in [-0.15, -0.1) is 0 Å². The molecule has 118 valence electrons. The fourth-order valence-electron chi connectivity index (χ4n) is 3.95. The standard InChI is InChI=1S/C18H25N3O/c1-12(2)11-22-15-5-3-13(4-6-15)16-18-17(20-19-16)14-7-9-21(18)10-8-14/h3-6,12,14,16,18-19H,7-11H2,1-2H3. The third-order valence-corrected chi connectivity index (χ3v) is 5.12. The van der Waals surface area contributed by atoms with E-state index in [9.17, 15) is 0 Å². The molecule has 2 unspecified atom stereocenters. The Balaban J connectivity index is 1.49. The van der Waals surface area contributed by atoms with Gasteiger partial charge >= 0.3 is 0 Å². The number of benzene rings is 1. The summed E-state index contributed by atoms with van der Waals surface area (Å²) in [5.74, 6) is 2.22. The quantitative estimate of drug-likeness (QED) is 0.929. The van der Waals surface area contributed by atoms with Gasteiger partial charge in [0.1, 0.15) is 5.75 Å².